The van der Waals surface area contributed by atoms with E-state index in [9.17, 15) is 9.59 Å². The maximum absolute atomic E-state index is 11.9. The summed E-state index contributed by atoms with van der Waals surface area (Å²) in [5.41, 5.74) is 1.55. The molecule has 2 aromatic heterocycles. The fourth-order valence-corrected chi connectivity index (χ4v) is 1.56. The first-order valence-electron chi connectivity index (χ1n) is 6.10. The van der Waals surface area contributed by atoms with Crippen LogP contribution in [0, 0.1) is 0 Å². The van der Waals surface area contributed by atoms with Gasteiger partial charge < -0.3 is 18.9 Å². The topological polar surface area (TPSA) is 81.5 Å². The van der Waals surface area contributed by atoms with Gasteiger partial charge in [-0.15, -0.1) is 0 Å². The fraction of sp³-hybridized carbons (Fsp3) is 0.385. The number of furan rings is 1. The van der Waals surface area contributed by atoms with Gasteiger partial charge in [0.25, 0.3) is 0 Å². The molecule has 6 heteroatoms. The van der Waals surface area contributed by atoms with Crippen molar-refractivity contribution in [2.45, 2.75) is 33.0 Å². The Labute approximate surface area is 109 Å². The standard InChI is InChI=1S/C13H15NO5/c1-3-11(15)18-12(4-2)19-13(16)9-7-10-8(14-9)5-6-17-10/h5-7,12,14H,3-4H2,1-2H3. The van der Waals surface area contributed by atoms with E-state index in [1.807, 2.05) is 0 Å². The number of hydrogen-bond acceptors (Lipinski definition) is 5. The molecule has 1 unspecified atom stereocenters. The molecule has 0 amide bonds. The van der Waals surface area contributed by atoms with Crippen LogP contribution in [0.3, 0.4) is 0 Å². The lowest BCUT2D eigenvalue weighted by molar-refractivity contribution is -0.168. The molecule has 0 aliphatic heterocycles. The lowest BCUT2D eigenvalue weighted by Crippen LogP contribution is -2.23. The monoisotopic (exact) mass is 265 g/mol. The Morgan fingerprint density at radius 1 is 1.37 bits per heavy atom. The second-order valence-corrected chi connectivity index (χ2v) is 3.97. The highest BCUT2D eigenvalue weighted by molar-refractivity contribution is 5.93. The van der Waals surface area contributed by atoms with E-state index in [2.05, 4.69) is 4.98 Å². The average Bonchev–Trinajstić information content (AvgIpc) is 2.98. The molecular weight excluding hydrogens is 250 g/mol. The van der Waals surface area contributed by atoms with E-state index < -0.39 is 18.2 Å². The minimum Gasteiger partial charge on any atom is -0.463 e. The summed E-state index contributed by atoms with van der Waals surface area (Å²) in [5.74, 6) is -0.984. The Balaban J connectivity index is 2.02. The number of H-pyrrole nitrogens is 1. The van der Waals surface area contributed by atoms with Crippen LogP contribution in [-0.4, -0.2) is 23.2 Å². The number of carbonyl (C=O) groups excluding carboxylic acids is 2. The molecule has 0 fully saturated rings. The van der Waals surface area contributed by atoms with E-state index >= 15 is 0 Å². The Bertz CT molecular complexity index is 554. The van der Waals surface area contributed by atoms with Gasteiger partial charge in [-0.3, -0.25) is 4.79 Å². The van der Waals surface area contributed by atoms with E-state index in [4.69, 9.17) is 13.9 Å². The molecular formula is C13H15NO5. The van der Waals surface area contributed by atoms with Gasteiger partial charge in [-0.2, -0.15) is 0 Å². The highest BCUT2D eigenvalue weighted by atomic mass is 16.7. The highest BCUT2D eigenvalue weighted by Gasteiger charge is 2.19. The number of esters is 2. The van der Waals surface area contributed by atoms with Crippen LogP contribution in [0.15, 0.2) is 22.8 Å². The van der Waals surface area contributed by atoms with Crippen molar-refractivity contribution in [3.63, 3.8) is 0 Å². The average molecular weight is 265 g/mol. The molecule has 6 nitrogen and oxygen atoms in total. The number of hydrogen-bond donors (Lipinski definition) is 1. The van der Waals surface area contributed by atoms with Crippen molar-refractivity contribution in [1.82, 2.24) is 4.98 Å². The second kappa shape index (κ2) is 5.60. The van der Waals surface area contributed by atoms with Gasteiger partial charge in [0.05, 0.1) is 11.8 Å². The summed E-state index contributed by atoms with van der Waals surface area (Å²) in [7, 11) is 0. The molecule has 0 saturated carbocycles. The SMILES string of the molecule is CCC(=O)OC(CC)OC(=O)c1cc2occc2[nH]1. The van der Waals surface area contributed by atoms with E-state index in [1.54, 1.807) is 26.0 Å². The molecule has 1 N–H and O–H groups in total. The number of carbonyl (C=O) groups is 2. The van der Waals surface area contributed by atoms with Crippen LogP contribution < -0.4 is 0 Å². The van der Waals surface area contributed by atoms with E-state index in [-0.39, 0.29) is 12.1 Å². The molecule has 2 rings (SSSR count). The molecule has 2 heterocycles. The first-order valence-corrected chi connectivity index (χ1v) is 6.10. The predicted octanol–water partition coefficient (Wildman–Crippen LogP) is 2.61. The number of rotatable bonds is 5. The van der Waals surface area contributed by atoms with Gasteiger partial charge in [0, 0.05) is 25.0 Å². The first kappa shape index (κ1) is 13.2. The Morgan fingerprint density at radius 3 is 2.79 bits per heavy atom. The zero-order chi connectivity index (χ0) is 13.8. The predicted molar refractivity (Wildman–Crippen MR) is 66.4 cm³/mol. The summed E-state index contributed by atoms with van der Waals surface area (Å²) < 4.78 is 15.2. The quantitative estimate of drug-likeness (QED) is 0.663. The minimum absolute atomic E-state index is 0.240. The Morgan fingerprint density at radius 2 is 2.16 bits per heavy atom. The van der Waals surface area contributed by atoms with Gasteiger partial charge in [0.15, 0.2) is 5.58 Å². The molecule has 2 aromatic rings. The minimum atomic E-state index is -0.866. The van der Waals surface area contributed by atoms with Gasteiger partial charge in [-0.25, -0.2) is 4.79 Å². The molecule has 0 aliphatic carbocycles. The Kier molecular flexibility index (Phi) is 3.89. The number of aromatic amines is 1. The van der Waals surface area contributed by atoms with Crippen LogP contribution in [0.2, 0.25) is 0 Å². The molecule has 1 atom stereocenters. The molecule has 0 aromatic carbocycles. The number of ether oxygens (including phenoxy) is 2. The fourth-order valence-electron chi connectivity index (χ4n) is 1.56. The summed E-state index contributed by atoms with van der Waals surface area (Å²) in [5, 5.41) is 0. The van der Waals surface area contributed by atoms with Crippen LogP contribution in [-0.2, 0) is 14.3 Å². The smallest absolute Gasteiger partial charge is 0.357 e. The molecule has 0 bridgehead atoms. The molecule has 0 radical (unpaired) electrons. The number of nitrogens with one attached hydrogen (secondary N) is 1. The van der Waals surface area contributed by atoms with Crippen molar-refractivity contribution < 1.29 is 23.5 Å². The third-order valence-electron chi connectivity index (χ3n) is 2.58. The summed E-state index contributed by atoms with van der Waals surface area (Å²) in [6.07, 6.45) is 1.29. The van der Waals surface area contributed by atoms with Crippen LogP contribution in [0.1, 0.15) is 37.2 Å². The van der Waals surface area contributed by atoms with Crippen LogP contribution in [0.4, 0.5) is 0 Å². The number of fused-ring (bicyclic) bond motifs is 1. The van der Waals surface area contributed by atoms with E-state index in [1.165, 1.54) is 6.26 Å². The molecule has 102 valence electrons. The Hall–Kier alpha value is -2.24. The number of aromatic nitrogens is 1. The summed E-state index contributed by atoms with van der Waals surface area (Å²) in [4.78, 5) is 25.9. The van der Waals surface area contributed by atoms with E-state index in [0.29, 0.717) is 17.5 Å². The maximum Gasteiger partial charge on any atom is 0.357 e. The van der Waals surface area contributed by atoms with Crippen LogP contribution >= 0.6 is 0 Å². The lowest BCUT2D eigenvalue weighted by atomic mass is 10.4. The van der Waals surface area contributed by atoms with Gasteiger partial charge in [-0.05, 0) is 0 Å². The third kappa shape index (κ3) is 2.96. The summed E-state index contributed by atoms with van der Waals surface area (Å²) in [6.45, 7) is 3.44. The largest absolute Gasteiger partial charge is 0.463 e. The van der Waals surface area contributed by atoms with Crippen molar-refractivity contribution in [3.8, 4) is 0 Å². The zero-order valence-corrected chi connectivity index (χ0v) is 10.8. The molecule has 0 aliphatic rings. The second-order valence-electron chi connectivity index (χ2n) is 3.97. The van der Waals surface area contributed by atoms with Crippen LogP contribution in [0.5, 0.6) is 0 Å². The first-order chi connectivity index (χ1) is 9.13. The van der Waals surface area contributed by atoms with Gasteiger partial charge in [0.1, 0.15) is 5.69 Å². The van der Waals surface area contributed by atoms with Gasteiger partial charge >= 0.3 is 11.9 Å². The third-order valence-corrected chi connectivity index (χ3v) is 2.58. The van der Waals surface area contributed by atoms with Crippen molar-refractivity contribution in [2.24, 2.45) is 0 Å². The van der Waals surface area contributed by atoms with E-state index in [0.717, 1.165) is 0 Å². The van der Waals surface area contributed by atoms with Crippen LogP contribution in [0.25, 0.3) is 11.1 Å². The van der Waals surface area contributed by atoms with Crippen molar-refractivity contribution in [1.29, 1.82) is 0 Å². The summed E-state index contributed by atoms with van der Waals surface area (Å²) >= 11 is 0. The zero-order valence-electron chi connectivity index (χ0n) is 10.8. The molecule has 0 spiro atoms. The normalized spacial score (nSPS) is 12.3. The lowest BCUT2D eigenvalue weighted by Gasteiger charge is -2.15. The highest BCUT2D eigenvalue weighted by Crippen LogP contribution is 2.17. The van der Waals surface area contributed by atoms with Gasteiger partial charge in [-0.1, -0.05) is 13.8 Å². The summed E-state index contributed by atoms with van der Waals surface area (Å²) in [6, 6.07) is 3.26. The van der Waals surface area contributed by atoms with Crippen molar-refractivity contribution in [2.75, 3.05) is 0 Å². The molecule has 0 saturated heterocycles. The molecule has 19 heavy (non-hydrogen) atoms. The van der Waals surface area contributed by atoms with Crippen molar-refractivity contribution >= 4 is 23.0 Å². The van der Waals surface area contributed by atoms with Crippen molar-refractivity contribution in [3.05, 3.63) is 24.1 Å². The maximum atomic E-state index is 11.9. The van der Waals surface area contributed by atoms with Gasteiger partial charge in [0.2, 0.25) is 6.29 Å².